The van der Waals surface area contributed by atoms with Crippen molar-refractivity contribution in [1.82, 2.24) is 0 Å². The van der Waals surface area contributed by atoms with Gasteiger partial charge in [0.1, 0.15) is 0 Å². The highest BCUT2D eigenvalue weighted by Gasteiger charge is 2.52. The Balaban J connectivity index is 2.06. The summed E-state index contributed by atoms with van der Waals surface area (Å²) in [6.07, 6.45) is 21.5. The summed E-state index contributed by atoms with van der Waals surface area (Å²) in [5.74, 6) is 2.04. The molecule has 5 nitrogen and oxygen atoms in total. The van der Waals surface area contributed by atoms with E-state index in [9.17, 15) is 0 Å². The van der Waals surface area contributed by atoms with E-state index in [-0.39, 0.29) is 39.6 Å². The lowest BCUT2D eigenvalue weighted by Gasteiger charge is -2.47. The SMILES string of the molecule is CC[Si](C)(CC)OC(C)(C)C(CC[C@H](CCCC(C)(C)O[Si](CC)(CC)CC)C1CCC2/C(=C/C=C3/CC(O[Si](C)(C)C(C)(C)C)C[C@H](O[Si](C)(C)C(C)(C)C)C3)CCC[C@@]21C)O[Si](CC)(CC)CC. The number of hydrogen-bond donors (Lipinski definition) is 0. The van der Waals surface area contributed by atoms with E-state index in [1.54, 1.807) is 11.1 Å². The first-order chi connectivity index (χ1) is 32.1. The summed E-state index contributed by atoms with van der Waals surface area (Å²) >= 11 is 0. The molecule has 3 rings (SSSR count). The van der Waals surface area contributed by atoms with Gasteiger partial charge in [0.05, 0.1) is 29.5 Å². The molecule has 0 aromatic heterocycles. The van der Waals surface area contributed by atoms with Crippen molar-refractivity contribution in [2.24, 2.45) is 23.2 Å². The number of hydrogen-bond acceptors (Lipinski definition) is 5. The molecule has 0 saturated heterocycles. The smallest absolute Gasteiger partial charge is 0.192 e. The minimum absolute atomic E-state index is 0.0802. The van der Waals surface area contributed by atoms with Gasteiger partial charge in [0.2, 0.25) is 0 Å². The lowest BCUT2D eigenvalue weighted by Crippen LogP contribution is -2.54. The van der Waals surface area contributed by atoms with Gasteiger partial charge in [0, 0.05) is 0 Å². The van der Waals surface area contributed by atoms with E-state index in [1.807, 2.05) is 0 Å². The predicted molar refractivity (Wildman–Crippen MR) is 321 cm³/mol. The van der Waals surface area contributed by atoms with Gasteiger partial charge < -0.3 is 22.1 Å². The summed E-state index contributed by atoms with van der Waals surface area (Å²) in [4.78, 5) is 0. The highest BCUT2D eigenvalue weighted by Crippen LogP contribution is 2.61. The van der Waals surface area contributed by atoms with Crippen LogP contribution in [0.1, 0.15) is 215 Å². The highest BCUT2D eigenvalue weighted by molar-refractivity contribution is 6.75. The molecule has 3 aliphatic carbocycles. The average molecular weight is 1060 g/mol. The third kappa shape index (κ3) is 16.7. The molecule has 0 radical (unpaired) electrons. The zero-order valence-electron chi connectivity index (χ0n) is 51.5. The number of fused-ring (bicyclic) bond motifs is 1. The molecule has 10 heteroatoms. The van der Waals surface area contributed by atoms with Crippen LogP contribution in [-0.4, -0.2) is 71.1 Å². The largest absolute Gasteiger partial charge is 0.414 e. The van der Waals surface area contributed by atoms with Gasteiger partial charge in [-0.25, -0.2) is 0 Å². The Morgan fingerprint density at radius 2 is 1.11 bits per heavy atom. The first-order valence-corrected chi connectivity index (χ1v) is 43.7. The van der Waals surface area contributed by atoms with E-state index in [0.29, 0.717) is 23.2 Å². The van der Waals surface area contributed by atoms with Crippen molar-refractivity contribution in [2.75, 3.05) is 0 Å². The molecule has 0 heterocycles. The molecule has 0 aromatic carbocycles. The topological polar surface area (TPSA) is 46.2 Å². The quantitative estimate of drug-likeness (QED) is 0.0731. The fourth-order valence-electron chi connectivity index (χ4n) is 13.2. The van der Waals surface area contributed by atoms with Crippen molar-refractivity contribution < 1.29 is 22.1 Å². The maximum atomic E-state index is 7.68. The maximum absolute atomic E-state index is 7.68. The third-order valence-electron chi connectivity index (χ3n) is 20.9. The number of allylic oxidation sites excluding steroid dienone is 3. The lowest BCUT2D eigenvalue weighted by atomic mass is 9.60. The molecule has 0 amide bonds. The van der Waals surface area contributed by atoms with Crippen molar-refractivity contribution in [3.05, 3.63) is 23.3 Å². The zero-order valence-corrected chi connectivity index (χ0v) is 56.5. The molecular weight excluding hydrogens is 941 g/mol. The molecule has 412 valence electrons. The molecule has 0 aromatic rings. The van der Waals surface area contributed by atoms with E-state index < -0.39 is 41.6 Å². The van der Waals surface area contributed by atoms with Gasteiger partial charge >= 0.3 is 0 Å². The Kier molecular flexibility index (Phi) is 23.7. The standard InChI is InChI=1S/C60H122O5Si5/c1-25-68(24,26-2)65-59(17,18)55(63-69(27-3,28-4)29-5)42-39-50(35-33-43-58(15,16)64-70(30-6,31-7)32-8)54-41-40-53-49(36-34-44-60(53,54)19)38-37-48-45-51(61-66(20,21)56(9,10)11)47-52(46-48)62-67(22,23)57(12,13)14/h37-38,50-55H,25-36,39-47H2,1-24H3/b48-37-,49-38+/t50-,51?,52+,53?,54?,55?,60-/m0/s1. The average Bonchev–Trinajstić information content (AvgIpc) is 3.62. The first kappa shape index (κ1) is 64.7. The summed E-state index contributed by atoms with van der Waals surface area (Å²) in [5.41, 5.74) is 3.20. The van der Waals surface area contributed by atoms with Crippen LogP contribution in [0, 0.1) is 23.2 Å². The lowest BCUT2D eigenvalue weighted by molar-refractivity contribution is -0.0369. The molecule has 0 aliphatic heterocycles. The fourth-order valence-corrected chi connectivity index (χ4v) is 24.3. The van der Waals surface area contributed by atoms with Gasteiger partial charge in [0.15, 0.2) is 41.6 Å². The second kappa shape index (κ2) is 25.7. The van der Waals surface area contributed by atoms with Crippen LogP contribution in [0.25, 0.3) is 0 Å². The molecule has 3 saturated carbocycles. The molecule has 4 unspecified atom stereocenters. The van der Waals surface area contributed by atoms with Gasteiger partial charge in [-0.1, -0.05) is 140 Å². The molecule has 3 aliphatic rings. The summed E-state index contributed by atoms with van der Waals surface area (Å²) in [7, 11) is -9.37. The van der Waals surface area contributed by atoms with E-state index in [1.165, 1.54) is 87.6 Å². The highest BCUT2D eigenvalue weighted by atomic mass is 28.4. The van der Waals surface area contributed by atoms with Crippen LogP contribution < -0.4 is 0 Å². The first-order valence-electron chi connectivity index (χ1n) is 30.0. The summed E-state index contributed by atoms with van der Waals surface area (Å²) in [6.45, 7) is 58.0. The molecule has 3 fully saturated rings. The van der Waals surface area contributed by atoms with Crippen LogP contribution in [0.4, 0.5) is 0 Å². The Morgan fingerprint density at radius 3 is 1.57 bits per heavy atom. The third-order valence-corrected chi connectivity index (χ3v) is 43.4. The molecule has 7 atom stereocenters. The molecule has 0 spiro atoms. The zero-order chi connectivity index (χ0) is 53.4. The van der Waals surface area contributed by atoms with Gasteiger partial charge in [-0.3, -0.25) is 0 Å². The van der Waals surface area contributed by atoms with Crippen LogP contribution in [-0.2, 0) is 22.1 Å². The van der Waals surface area contributed by atoms with Gasteiger partial charge in [0.25, 0.3) is 0 Å². The van der Waals surface area contributed by atoms with Gasteiger partial charge in [-0.2, -0.15) is 0 Å². The van der Waals surface area contributed by atoms with Crippen molar-refractivity contribution in [1.29, 1.82) is 0 Å². The summed E-state index contributed by atoms with van der Waals surface area (Å²) in [6, 6.07) is 9.50. The molecule has 0 N–H and O–H groups in total. The maximum Gasteiger partial charge on any atom is 0.192 e. The van der Waals surface area contributed by atoms with Crippen molar-refractivity contribution in [3.63, 3.8) is 0 Å². The van der Waals surface area contributed by atoms with Gasteiger partial charge in [-0.05, 0) is 213 Å². The Morgan fingerprint density at radius 1 is 0.614 bits per heavy atom. The van der Waals surface area contributed by atoms with Crippen LogP contribution in [0.15, 0.2) is 23.3 Å². The minimum atomic E-state index is -1.95. The van der Waals surface area contributed by atoms with E-state index in [2.05, 4.69) is 176 Å². The van der Waals surface area contributed by atoms with Crippen LogP contribution in [0.3, 0.4) is 0 Å². The molecule has 70 heavy (non-hydrogen) atoms. The fraction of sp³-hybridized carbons (Fsp3) is 0.933. The van der Waals surface area contributed by atoms with Crippen LogP contribution in [0.5, 0.6) is 0 Å². The Labute approximate surface area is 443 Å². The second-order valence-electron chi connectivity index (χ2n) is 28.4. The van der Waals surface area contributed by atoms with Gasteiger partial charge in [-0.15, -0.1) is 0 Å². The summed E-state index contributed by atoms with van der Waals surface area (Å²) < 4.78 is 36.8. The van der Waals surface area contributed by atoms with Crippen LogP contribution >= 0.6 is 0 Å². The van der Waals surface area contributed by atoms with Crippen molar-refractivity contribution >= 4 is 41.6 Å². The van der Waals surface area contributed by atoms with Crippen molar-refractivity contribution in [2.45, 2.75) is 336 Å². The van der Waals surface area contributed by atoms with E-state index >= 15 is 0 Å². The molecular formula is C60H122O5Si5. The summed E-state index contributed by atoms with van der Waals surface area (Å²) in [5, 5.41) is 0.369. The number of rotatable bonds is 28. The second-order valence-corrected chi connectivity index (χ2v) is 51.8. The predicted octanol–water partition coefficient (Wildman–Crippen LogP) is 20.2. The Hall–Kier alpha value is 0.364. The monoisotopic (exact) mass is 1060 g/mol. The van der Waals surface area contributed by atoms with Crippen molar-refractivity contribution in [3.8, 4) is 0 Å². The molecule has 0 bridgehead atoms. The van der Waals surface area contributed by atoms with E-state index in [4.69, 9.17) is 22.1 Å². The van der Waals surface area contributed by atoms with E-state index in [0.717, 1.165) is 44.2 Å². The normalized spacial score (nSPS) is 26.0. The Bertz CT molecular complexity index is 1590. The van der Waals surface area contributed by atoms with Crippen LogP contribution in [0.2, 0.25) is 91.2 Å². The minimum Gasteiger partial charge on any atom is -0.414 e.